The molecule has 4 rings (SSSR count). The molecule has 0 radical (unpaired) electrons. The Morgan fingerprint density at radius 1 is 0.641 bits per heavy atom. The smallest absolute Gasteiger partial charge is 0.306 e. The number of unbranched alkanes of at least 4 members (excludes halogenated alkanes) is 13. The first-order chi connectivity index (χ1) is 30.9. The molecule has 0 N–H and O–H groups in total. The fraction of sp³-hybridized carbons (Fsp3) is 0.932. The summed E-state index contributed by atoms with van der Waals surface area (Å²) in [5.41, 5.74) is 2.44. The minimum absolute atomic E-state index is 0.0276. The van der Waals surface area contributed by atoms with Crippen LogP contribution in [0.2, 0.25) is 0 Å². The number of nitrogens with zero attached hydrogens (tertiary/aromatic N) is 1. The summed E-state index contributed by atoms with van der Waals surface area (Å²) in [6, 6.07) is 0. The van der Waals surface area contributed by atoms with Crippen LogP contribution in [0.1, 0.15) is 268 Å². The lowest BCUT2D eigenvalue weighted by atomic mass is 9.47. The molecule has 0 aromatic carbocycles. The monoisotopic (exact) mass is 894 g/mol. The maximum atomic E-state index is 13.1. The predicted octanol–water partition coefficient (Wildman–Crippen LogP) is 17.0. The van der Waals surface area contributed by atoms with E-state index in [1.165, 1.54) is 135 Å². The molecular weight excluding hydrogens is 787 g/mol. The number of hydrogen-bond donors (Lipinski definition) is 0. The predicted molar refractivity (Wildman–Crippen MR) is 272 cm³/mol. The van der Waals surface area contributed by atoms with Gasteiger partial charge >= 0.3 is 11.9 Å². The van der Waals surface area contributed by atoms with Gasteiger partial charge in [0, 0.05) is 19.3 Å². The molecule has 0 aromatic rings. The molecule has 0 amide bonds. The highest BCUT2D eigenvalue weighted by molar-refractivity contribution is 5.69. The highest BCUT2D eigenvalue weighted by Gasteiger charge is 2.59. The van der Waals surface area contributed by atoms with Crippen molar-refractivity contribution in [2.75, 3.05) is 19.6 Å². The Morgan fingerprint density at radius 2 is 1.25 bits per heavy atom. The van der Waals surface area contributed by atoms with Gasteiger partial charge in [0.05, 0.1) is 0 Å². The van der Waals surface area contributed by atoms with Crippen LogP contribution in [0.5, 0.6) is 0 Å². The molecular formula is C59H107NO4. The fourth-order valence-electron chi connectivity index (χ4n) is 13.9. The van der Waals surface area contributed by atoms with Crippen LogP contribution in [0, 0.1) is 52.3 Å². The van der Waals surface area contributed by atoms with Crippen molar-refractivity contribution in [1.82, 2.24) is 4.90 Å². The summed E-state index contributed by atoms with van der Waals surface area (Å²) in [7, 11) is 0. The van der Waals surface area contributed by atoms with E-state index in [4.69, 9.17) is 9.47 Å². The van der Waals surface area contributed by atoms with Crippen LogP contribution in [0.3, 0.4) is 0 Å². The van der Waals surface area contributed by atoms with Crippen molar-refractivity contribution < 1.29 is 19.1 Å². The van der Waals surface area contributed by atoms with E-state index in [0.29, 0.717) is 23.7 Å². The number of rotatable bonds is 34. The summed E-state index contributed by atoms with van der Waals surface area (Å²) >= 11 is 0. The molecule has 372 valence electrons. The minimum Gasteiger partial charge on any atom is -0.462 e. The van der Waals surface area contributed by atoms with Crippen molar-refractivity contribution in [3.05, 3.63) is 11.6 Å². The topological polar surface area (TPSA) is 55.8 Å². The van der Waals surface area contributed by atoms with E-state index >= 15 is 0 Å². The number of allylic oxidation sites excluding steroid dienone is 1. The summed E-state index contributed by atoms with van der Waals surface area (Å²) < 4.78 is 12.3. The zero-order valence-corrected chi connectivity index (χ0v) is 44.1. The highest BCUT2D eigenvalue weighted by atomic mass is 16.5. The molecule has 64 heavy (non-hydrogen) atoms. The third kappa shape index (κ3) is 17.3. The van der Waals surface area contributed by atoms with Gasteiger partial charge in [0.25, 0.3) is 0 Å². The van der Waals surface area contributed by atoms with Crippen molar-refractivity contribution in [1.29, 1.82) is 0 Å². The lowest BCUT2D eigenvalue weighted by molar-refractivity contribution is -0.152. The van der Waals surface area contributed by atoms with E-state index in [2.05, 4.69) is 73.3 Å². The molecule has 10 atom stereocenters. The van der Waals surface area contributed by atoms with Gasteiger partial charge in [-0.25, -0.2) is 0 Å². The van der Waals surface area contributed by atoms with E-state index < -0.39 is 0 Å². The average molecular weight is 895 g/mol. The van der Waals surface area contributed by atoms with E-state index in [-0.39, 0.29) is 24.1 Å². The Kier molecular flexibility index (Phi) is 25.5. The van der Waals surface area contributed by atoms with Crippen molar-refractivity contribution in [2.45, 2.75) is 280 Å². The van der Waals surface area contributed by atoms with Crippen LogP contribution in [0.25, 0.3) is 0 Å². The SMILES string of the molecule is CCCCCCCCC(CCCCCC)OC(=O)CCCCCCN(CCC)CCCCCC(=O)OC1CCC2(C)C(=CCC3C2CCC2(C)C(C(C)CCC(C)C(C)C)CCC32)C1. The van der Waals surface area contributed by atoms with Crippen molar-refractivity contribution >= 4 is 11.9 Å². The first-order valence-corrected chi connectivity index (χ1v) is 28.7. The third-order valence-corrected chi connectivity index (χ3v) is 18.4. The summed E-state index contributed by atoms with van der Waals surface area (Å²) in [6.45, 7) is 25.3. The Hall–Kier alpha value is -1.36. The van der Waals surface area contributed by atoms with Gasteiger partial charge in [-0.05, 0) is 175 Å². The Balaban J connectivity index is 1.08. The molecule has 0 heterocycles. The maximum Gasteiger partial charge on any atom is 0.306 e. The number of hydrogen-bond acceptors (Lipinski definition) is 5. The second kappa shape index (κ2) is 29.5. The molecule has 0 spiro atoms. The van der Waals surface area contributed by atoms with Crippen molar-refractivity contribution in [3.63, 3.8) is 0 Å². The van der Waals surface area contributed by atoms with Gasteiger partial charge in [-0.2, -0.15) is 0 Å². The Morgan fingerprint density at radius 3 is 1.92 bits per heavy atom. The standard InChI is InChI=1S/C59H107NO4/c1-10-13-15-17-18-23-29-50(28-22-16-14-11-2)63-56(61)30-24-19-20-26-43-60(42-12-3)44-27-21-25-31-57(62)64-51-38-40-58(8)49(45-51)34-35-52-54-37-36-53(59(54,9)41-39-55(52)58)48(7)33-32-47(6)46(4)5/h34,46-48,50-55H,10-33,35-45H2,1-9H3. The molecule has 5 heteroatoms. The summed E-state index contributed by atoms with van der Waals surface area (Å²) in [6.07, 6.45) is 40.4. The molecule has 0 aromatic heterocycles. The van der Waals surface area contributed by atoms with E-state index in [0.717, 1.165) is 119 Å². The third-order valence-electron chi connectivity index (χ3n) is 18.4. The average Bonchev–Trinajstić information content (AvgIpc) is 3.63. The summed E-state index contributed by atoms with van der Waals surface area (Å²) in [4.78, 5) is 28.5. The molecule has 10 unspecified atom stereocenters. The van der Waals surface area contributed by atoms with Gasteiger partial charge in [-0.1, -0.05) is 157 Å². The van der Waals surface area contributed by atoms with Crippen molar-refractivity contribution in [3.8, 4) is 0 Å². The van der Waals surface area contributed by atoms with E-state index in [9.17, 15) is 9.59 Å². The largest absolute Gasteiger partial charge is 0.462 e. The molecule has 3 saturated carbocycles. The van der Waals surface area contributed by atoms with Crippen LogP contribution in [0.4, 0.5) is 0 Å². The van der Waals surface area contributed by atoms with Crippen LogP contribution in [0.15, 0.2) is 11.6 Å². The summed E-state index contributed by atoms with van der Waals surface area (Å²) in [5, 5.41) is 0. The number of esters is 2. The van der Waals surface area contributed by atoms with Crippen LogP contribution in [-0.2, 0) is 19.1 Å². The first kappa shape index (κ1) is 55.2. The molecule has 3 fully saturated rings. The van der Waals surface area contributed by atoms with Gasteiger partial charge in [0.1, 0.15) is 12.2 Å². The lowest BCUT2D eigenvalue weighted by Crippen LogP contribution is -2.51. The maximum absolute atomic E-state index is 13.1. The molecule has 0 saturated heterocycles. The van der Waals surface area contributed by atoms with Crippen LogP contribution in [-0.4, -0.2) is 48.7 Å². The Labute approximate surface area is 398 Å². The Bertz CT molecular complexity index is 1330. The van der Waals surface area contributed by atoms with Gasteiger partial charge in [-0.15, -0.1) is 0 Å². The fourth-order valence-corrected chi connectivity index (χ4v) is 13.9. The number of ether oxygens (including phenoxy) is 2. The van der Waals surface area contributed by atoms with Crippen molar-refractivity contribution in [2.24, 2.45) is 52.3 Å². The molecule has 0 aliphatic heterocycles. The number of carbonyl (C=O) groups excluding carboxylic acids is 2. The van der Waals surface area contributed by atoms with Crippen LogP contribution < -0.4 is 0 Å². The lowest BCUT2D eigenvalue weighted by Gasteiger charge is -2.58. The second-order valence-corrected chi connectivity index (χ2v) is 23.5. The van der Waals surface area contributed by atoms with E-state index in [1.54, 1.807) is 5.57 Å². The van der Waals surface area contributed by atoms with Gasteiger partial charge in [0.15, 0.2) is 0 Å². The quantitative estimate of drug-likeness (QED) is 0.0366. The first-order valence-electron chi connectivity index (χ1n) is 28.7. The molecule has 5 nitrogen and oxygen atoms in total. The minimum atomic E-state index is 0.0276. The zero-order valence-electron chi connectivity index (χ0n) is 44.1. The highest BCUT2D eigenvalue weighted by Crippen LogP contribution is 2.67. The number of fused-ring (bicyclic) bond motifs is 5. The second-order valence-electron chi connectivity index (χ2n) is 23.5. The van der Waals surface area contributed by atoms with Gasteiger partial charge < -0.3 is 14.4 Å². The normalized spacial score (nSPS) is 28.0. The summed E-state index contributed by atoms with van der Waals surface area (Å²) in [5.74, 6) is 5.96. The van der Waals surface area contributed by atoms with Gasteiger partial charge in [0.2, 0.25) is 0 Å². The van der Waals surface area contributed by atoms with Gasteiger partial charge in [-0.3, -0.25) is 9.59 Å². The molecule has 4 aliphatic rings. The molecule has 0 bridgehead atoms. The van der Waals surface area contributed by atoms with E-state index in [1.807, 2.05) is 0 Å². The zero-order chi connectivity index (χ0) is 46.4. The molecule has 4 aliphatic carbocycles. The van der Waals surface area contributed by atoms with Crippen LogP contribution >= 0.6 is 0 Å². The number of carbonyl (C=O) groups is 2.